The van der Waals surface area contributed by atoms with E-state index in [1.54, 1.807) is 0 Å². The van der Waals surface area contributed by atoms with Gasteiger partial charge in [-0.25, -0.2) is 0 Å². The summed E-state index contributed by atoms with van der Waals surface area (Å²) in [5.41, 5.74) is 0. The van der Waals surface area contributed by atoms with E-state index in [4.69, 9.17) is 0 Å². The van der Waals surface area contributed by atoms with Crippen LogP contribution in [0.2, 0.25) is 0 Å². The maximum absolute atomic E-state index is 4.21. The van der Waals surface area contributed by atoms with E-state index < -0.39 is 0 Å². The molecule has 0 spiro atoms. The van der Waals surface area contributed by atoms with Crippen molar-refractivity contribution in [1.29, 1.82) is 0 Å². The van der Waals surface area contributed by atoms with Gasteiger partial charge in [0.05, 0.1) is 0 Å². The van der Waals surface area contributed by atoms with Crippen LogP contribution in [0.3, 0.4) is 0 Å². The van der Waals surface area contributed by atoms with Crippen molar-refractivity contribution < 1.29 is 0 Å². The first-order chi connectivity index (χ1) is 11.3. The molecular formula is C24H16. The van der Waals surface area contributed by atoms with Crippen LogP contribution in [0.25, 0.3) is 95.7 Å². The largest absolute Gasteiger partial charge is 0.0905 e. The van der Waals surface area contributed by atoms with E-state index in [-0.39, 0.29) is 0 Å². The van der Waals surface area contributed by atoms with Crippen molar-refractivity contribution in [3.63, 3.8) is 0 Å². The third-order valence-electron chi connectivity index (χ3n) is 5.87. The summed E-state index contributed by atoms with van der Waals surface area (Å²) >= 11 is 0. The molecule has 112 valence electrons. The number of fused-ring (bicyclic) bond motifs is 8. The first-order valence-corrected chi connectivity index (χ1v) is 7.83. The molecule has 5 aromatic rings. The smallest absolute Gasteiger partial charge is 0.00138 e. The molecule has 0 N–H and O–H groups in total. The van der Waals surface area contributed by atoms with Crippen LogP contribution in [0, 0.1) is 0 Å². The second kappa shape index (κ2) is 3.52. The van der Waals surface area contributed by atoms with Gasteiger partial charge in [0, 0.05) is 0 Å². The molecule has 0 unspecified atom stereocenters. The molecule has 0 nitrogen and oxygen atoms in total. The van der Waals surface area contributed by atoms with E-state index in [1.165, 1.54) is 0 Å². The standard InChI is InChI=1S/C24H16/c1-9-10(2)18-17(9)19-11(3)12(4)21(19)23-15(7)16(8)24(23)22-14(6)13(5)20(18)22/h1-8H2. The average molecular weight is 304 g/mol. The van der Waals surface area contributed by atoms with Crippen LogP contribution >= 0.6 is 0 Å². The highest BCUT2D eigenvalue weighted by Crippen LogP contribution is 2.27. The summed E-state index contributed by atoms with van der Waals surface area (Å²) in [6, 6.07) is 0. The van der Waals surface area contributed by atoms with Crippen molar-refractivity contribution >= 4 is 95.7 Å². The molecule has 24 heavy (non-hydrogen) atoms. The van der Waals surface area contributed by atoms with Gasteiger partial charge in [0.25, 0.3) is 0 Å². The fraction of sp³-hybridized carbons (Fsp3) is 0. The Bertz CT molecular complexity index is 1330. The molecule has 0 fully saturated rings. The zero-order valence-electron chi connectivity index (χ0n) is 13.7. The minimum Gasteiger partial charge on any atom is -0.0905 e. The van der Waals surface area contributed by atoms with Crippen LogP contribution in [0.15, 0.2) is 0 Å². The summed E-state index contributed by atoms with van der Waals surface area (Å²) in [4.78, 5) is 0. The van der Waals surface area contributed by atoms with Crippen LogP contribution in [-0.2, 0) is 0 Å². The fourth-order valence-corrected chi connectivity index (χ4v) is 4.37. The number of hydrogen-bond donors (Lipinski definition) is 0. The SMILES string of the molecule is C=c1c(=C)c2c1c1c(=C)c(=C)c1c1c(=C)c(=C)c1c1c(=C)c(=C)c21. The first kappa shape index (κ1) is 13.3. The Kier molecular flexibility index (Phi) is 1.95. The molecule has 0 aliphatic heterocycles. The van der Waals surface area contributed by atoms with E-state index >= 15 is 0 Å². The maximum Gasteiger partial charge on any atom is -0.00138 e. The van der Waals surface area contributed by atoms with Crippen molar-refractivity contribution in [2.24, 2.45) is 0 Å². The third-order valence-corrected chi connectivity index (χ3v) is 5.87. The number of rotatable bonds is 0. The van der Waals surface area contributed by atoms with Gasteiger partial charge in [0.1, 0.15) is 0 Å². The molecule has 0 bridgehead atoms. The molecule has 0 heterocycles. The van der Waals surface area contributed by atoms with Gasteiger partial charge in [-0.3, -0.25) is 0 Å². The maximum atomic E-state index is 4.21. The van der Waals surface area contributed by atoms with Crippen molar-refractivity contribution in [3.8, 4) is 0 Å². The van der Waals surface area contributed by atoms with Crippen LogP contribution < -0.4 is 41.7 Å². The Morgan fingerprint density at radius 1 is 0.208 bits per heavy atom. The predicted molar refractivity (Wildman–Crippen MR) is 111 cm³/mol. The molecule has 0 saturated carbocycles. The molecule has 0 atom stereocenters. The van der Waals surface area contributed by atoms with Crippen molar-refractivity contribution in [1.82, 2.24) is 0 Å². The van der Waals surface area contributed by atoms with Gasteiger partial charge in [-0.1, -0.05) is 52.6 Å². The van der Waals surface area contributed by atoms with Gasteiger partial charge >= 0.3 is 0 Å². The van der Waals surface area contributed by atoms with Gasteiger partial charge in [-0.05, 0) is 84.8 Å². The van der Waals surface area contributed by atoms with E-state index in [0.717, 1.165) is 84.8 Å². The van der Waals surface area contributed by atoms with E-state index in [1.807, 2.05) is 0 Å². The zero-order chi connectivity index (χ0) is 17.2. The molecule has 0 aromatic heterocycles. The Balaban J connectivity index is 2.44. The van der Waals surface area contributed by atoms with Crippen molar-refractivity contribution in [2.45, 2.75) is 0 Å². The van der Waals surface area contributed by atoms with Crippen molar-refractivity contribution in [3.05, 3.63) is 41.7 Å². The summed E-state index contributed by atoms with van der Waals surface area (Å²) in [7, 11) is 0. The highest BCUT2D eigenvalue weighted by atomic mass is 14.2. The van der Waals surface area contributed by atoms with Gasteiger partial charge in [-0.15, -0.1) is 0 Å². The van der Waals surface area contributed by atoms with Gasteiger partial charge in [0.2, 0.25) is 0 Å². The monoisotopic (exact) mass is 304 g/mol. The quantitative estimate of drug-likeness (QED) is 0.375. The molecule has 0 amide bonds. The second-order valence-corrected chi connectivity index (χ2v) is 6.83. The lowest BCUT2D eigenvalue weighted by Gasteiger charge is -2.21. The third kappa shape index (κ3) is 1.02. The normalized spacial score (nSPS) is 12.7. The van der Waals surface area contributed by atoms with Crippen LogP contribution in [0.4, 0.5) is 0 Å². The number of hydrogen-bond acceptors (Lipinski definition) is 0. The molecule has 0 heteroatoms. The molecular weight excluding hydrogens is 288 g/mol. The highest BCUT2D eigenvalue weighted by Gasteiger charge is 2.21. The summed E-state index contributed by atoms with van der Waals surface area (Å²) in [6.45, 7) is 33.7. The Morgan fingerprint density at radius 2 is 0.292 bits per heavy atom. The van der Waals surface area contributed by atoms with Gasteiger partial charge < -0.3 is 0 Å². The molecule has 0 aliphatic carbocycles. The summed E-state index contributed by atoms with van der Waals surface area (Å²) < 4.78 is 0. The van der Waals surface area contributed by atoms with E-state index in [0.29, 0.717) is 0 Å². The van der Waals surface area contributed by atoms with Crippen molar-refractivity contribution in [2.75, 3.05) is 0 Å². The molecule has 5 aromatic carbocycles. The first-order valence-electron chi connectivity index (χ1n) is 7.83. The minimum absolute atomic E-state index is 0.983. The second-order valence-electron chi connectivity index (χ2n) is 6.83. The van der Waals surface area contributed by atoms with Crippen LogP contribution in [0.1, 0.15) is 0 Å². The Hall–Kier alpha value is -3.12. The highest BCUT2D eigenvalue weighted by molar-refractivity contribution is 6.31. The van der Waals surface area contributed by atoms with E-state index in [9.17, 15) is 0 Å². The summed E-state index contributed by atoms with van der Waals surface area (Å²) in [5.74, 6) is 0. The lowest BCUT2D eigenvalue weighted by Crippen LogP contribution is -2.43. The zero-order valence-corrected chi connectivity index (χ0v) is 13.7. The summed E-state index contributed by atoms with van der Waals surface area (Å²) in [5, 5.41) is 17.0. The van der Waals surface area contributed by atoms with Crippen LogP contribution in [0.5, 0.6) is 0 Å². The average Bonchev–Trinajstić information content (AvgIpc) is 2.59. The summed E-state index contributed by atoms with van der Waals surface area (Å²) in [6.07, 6.45) is 0. The molecule has 5 rings (SSSR count). The lowest BCUT2D eigenvalue weighted by molar-refractivity contribution is 1.56. The van der Waals surface area contributed by atoms with Gasteiger partial charge in [0.15, 0.2) is 0 Å². The minimum atomic E-state index is 0.983. The van der Waals surface area contributed by atoms with E-state index in [2.05, 4.69) is 52.6 Å². The topological polar surface area (TPSA) is 0 Å². The Labute approximate surface area is 137 Å². The molecule has 0 radical (unpaired) electrons. The Morgan fingerprint density at radius 3 is 0.375 bits per heavy atom. The van der Waals surface area contributed by atoms with Gasteiger partial charge in [-0.2, -0.15) is 0 Å². The molecule has 0 aliphatic rings. The predicted octanol–water partition coefficient (Wildman–Crippen LogP) is -0.105. The molecule has 0 saturated heterocycles. The van der Waals surface area contributed by atoms with Crippen LogP contribution in [-0.4, -0.2) is 0 Å². The lowest BCUT2D eigenvalue weighted by atomic mass is 9.81. The fourth-order valence-electron chi connectivity index (χ4n) is 4.37.